The van der Waals surface area contributed by atoms with E-state index in [2.05, 4.69) is 5.32 Å². The van der Waals surface area contributed by atoms with Gasteiger partial charge < -0.3 is 10.1 Å². The Hall–Kier alpha value is -2.64. The zero-order valence-corrected chi connectivity index (χ0v) is 14.2. The minimum atomic E-state index is -0.697. The van der Waals surface area contributed by atoms with Crippen LogP contribution in [0.15, 0.2) is 42.5 Å². The van der Waals surface area contributed by atoms with Gasteiger partial charge in [-0.15, -0.1) is 0 Å². The average Bonchev–Trinajstić information content (AvgIpc) is 2.59. The van der Waals surface area contributed by atoms with Crippen molar-refractivity contribution in [3.63, 3.8) is 0 Å². The normalized spacial score (nSPS) is 10.2. The topological polar surface area (TPSA) is 98.5 Å². The average molecular weight is 383 g/mol. The fourth-order valence-electron chi connectivity index (χ4n) is 1.87. The predicted octanol–water partition coefficient (Wildman–Crippen LogP) is 3.37. The van der Waals surface area contributed by atoms with Crippen LogP contribution in [-0.4, -0.2) is 23.3 Å². The van der Waals surface area contributed by atoms with Crippen molar-refractivity contribution in [2.75, 3.05) is 6.54 Å². The summed E-state index contributed by atoms with van der Waals surface area (Å²) in [5.74, 6) is -1.33. The number of amides is 1. The van der Waals surface area contributed by atoms with Crippen molar-refractivity contribution in [2.45, 2.75) is 6.61 Å². The first kappa shape index (κ1) is 18.7. The van der Waals surface area contributed by atoms with E-state index in [0.29, 0.717) is 10.6 Å². The molecule has 0 aliphatic rings. The molecule has 0 aliphatic heterocycles. The molecule has 2 aromatic rings. The monoisotopic (exact) mass is 382 g/mol. The summed E-state index contributed by atoms with van der Waals surface area (Å²) in [6, 6.07) is 10.5. The minimum Gasteiger partial charge on any atom is -0.459 e. The quantitative estimate of drug-likeness (QED) is 0.469. The number of ether oxygens (including phenoxy) is 1. The number of benzene rings is 2. The largest absolute Gasteiger partial charge is 0.459 e. The third-order valence-electron chi connectivity index (χ3n) is 3.14. The Kier molecular flexibility index (Phi) is 6.32. The molecule has 2 rings (SSSR count). The Morgan fingerprint density at radius 1 is 1.12 bits per heavy atom. The van der Waals surface area contributed by atoms with Crippen molar-refractivity contribution in [1.29, 1.82) is 0 Å². The van der Waals surface area contributed by atoms with Gasteiger partial charge in [0.2, 0.25) is 0 Å². The molecule has 0 unspecified atom stereocenters. The summed E-state index contributed by atoms with van der Waals surface area (Å²) in [4.78, 5) is 33.8. The van der Waals surface area contributed by atoms with Crippen LogP contribution in [0.5, 0.6) is 0 Å². The molecular weight excluding hydrogens is 371 g/mol. The summed E-state index contributed by atoms with van der Waals surface area (Å²) in [6.07, 6.45) is 0. The molecule has 25 heavy (non-hydrogen) atoms. The van der Waals surface area contributed by atoms with Gasteiger partial charge in [-0.1, -0.05) is 41.4 Å². The molecular formula is C16H12Cl2N2O5. The third kappa shape index (κ3) is 5.17. The molecule has 1 N–H and O–H groups in total. The number of esters is 1. The van der Waals surface area contributed by atoms with E-state index in [-0.39, 0.29) is 23.7 Å². The van der Waals surface area contributed by atoms with E-state index in [1.165, 1.54) is 12.1 Å². The maximum absolute atomic E-state index is 12.0. The Bertz CT molecular complexity index is 826. The van der Waals surface area contributed by atoms with Gasteiger partial charge in [0, 0.05) is 22.2 Å². The lowest BCUT2D eigenvalue weighted by atomic mass is 10.2. The number of carbonyl (C=O) groups excluding carboxylic acids is 2. The highest BCUT2D eigenvalue weighted by Crippen LogP contribution is 2.25. The lowest BCUT2D eigenvalue weighted by molar-refractivity contribution is -0.384. The molecule has 7 nitrogen and oxygen atoms in total. The van der Waals surface area contributed by atoms with Crippen LogP contribution in [0.25, 0.3) is 0 Å². The zero-order valence-electron chi connectivity index (χ0n) is 12.7. The van der Waals surface area contributed by atoms with Crippen molar-refractivity contribution in [3.8, 4) is 0 Å². The number of hydrogen-bond donors (Lipinski definition) is 1. The molecule has 0 fully saturated rings. The molecule has 9 heteroatoms. The maximum atomic E-state index is 12.0. The minimum absolute atomic E-state index is 0.00926. The Balaban J connectivity index is 1.89. The Morgan fingerprint density at radius 2 is 1.84 bits per heavy atom. The van der Waals surface area contributed by atoms with Gasteiger partial charge >= 0.3 is 5.97 Å². The number of halogens is 2. The number of hydrogen-bond acceptors (Lipinski definition) is 5. The van der Waals surface area contributed by atoms with Crippen molar-refractivity contribution >= 4 is 40.8 Å². The number of carbonyl (C=O) groups is 2. The first-order valence-electron chi connectivity index (χ1n) is 6.99. The van der Waals surface area contributed by atoms with Crippen molar-refractivity contribution in [3.05, 3.63) is 73.8 Å². The van der Waals surface area contributed by atoms with E-state index in [0.717, 1.165) is 6.07 Å². The number of nitro groups is 1. The van der Waals surface area contributed by atoms with Crippen LogP contribution in [0.4, 0.5) is 5.69 Å². The number of nitrogens with zero attached hydrogens (tertiary/aromatic N) is 1. The lowest BCUT2D eigenvalue weighted by Crippen LogP contribution is -2.30. The van der Waals surface area contributed by atoms with Gasteiger partial charge in [-0.25, -0.2) is 0 Å². The molecule has 130 valence electrons. The molecule has 0 heterocycles. The SMILES string of the molecule is O=C(CNC(=O)c1ccc(Cl)c([N+](=O)[O-])c1)OCc1ccccc1Cl. The molecule has 0 aromatic heterocycles. The lowest BCUT2D eigenvalue weighted by Gasteiger charge is -2.08. The molecule has 0 saturated heterocycles. The molecule has 0 bridgehead atoms. The van der Waals surface area contributed by atoms with E-state index >= 15 is 0 Å². The standard InChI is InChI=1S/C16H12Cl2N2O5/c17-12-4-2-1-3-11(12)9-25-15(21)8-19-16(22)10-5-6-13(18)14(7-10)20(23)24/h1-7H,8-9H2,(H,19,22). The van der Waals surface area contributed by atoms with E-state index < -0.39 is 22.5 Å². The molecule has 0 aliphatic carbocycles. The summed E-state index contributed by atoms with van der Waals surface area (Å²) in [6.45, 7) is -0.416. The van der Waals surface area contributed by atoms with Crippen LogP contribution in [0.1, 0.15) is 15.9 Å². The van der Waals surface area contributed by atoms with Crippen LogP contribution in [-0.2, 0) is 16.1 Å². The molecule has 2 aromatic carbocycles. The van der Waals surface area contributed by atoms with Crippen LogP contribution in [0, 0.1) is 10.1 Å². The summed E-state index contributed by atoms with van der Waals surface area (Å²) in [5.41, 5.74) is 0.253. The summed E-state index contributed by atoms with van der Waals surface area (Å²) in [5, 5.41) is 13.5. The van der Waals surface area contributed by atoms with Gasteiger partial charge in [0.1, 0.15) is 18.2 Å². The number of nitrogens with one attached hydrogen (secondary N) is 1. The highest BCUT2D eigenvalue weighted by molar-refractivity contribution is 6.32. The van der Waals surface area contributed by atoms with Crippen molar-refractivity contribution in [2.24, 2.45) is 0 Å². The number of nitro benzene ring substituents is 1. The molecule has 0 radical (unpaired) electrons. The van der Waals surface area contributed by atoms with Crippen molar-refractivity contribution in [1.82, 2.24) is 5.32 Å². The highest BCUT2D eigenvalue weighted by atomic mass is 35.5. The predicted molar refractivity (Wildman–Crippen MR) is 91.7 cm³/mol. The van der Waals surface area contributed by atoms with Gasteiger partial charge in [0.05, 0.1) is 4.92 Å². The first-order valence-corrected chi connectivity index (χ1v) is 7.75. The van der Waals surface area contributed by atoms with Crippen molar-refractivity contribution < 1.29 is 19.2 Å². The summed E-state index contributed by atoms with van der Waals surface area (Å²) in [7, 11) is 0. The molecule has 0 saturated carbocycles. The highest BCUT2D eigenvalue weighted by Gasteiger charge is 2.17. The number of rotatable bonds is 6. The van der Waals surface area contributed by atoms with E-state index in [1.807, 2.05) is 0 Å². The Labute approximate surface area is 152 Å². The van der Waals surface area contributed by atoms with E-state index in [1.54, 1.807) is 24.3 Å². The second-order valence-electron chi connectivity index (χ2n) is 4.86. The summed E-state index contributed by atoms with van der Waals surface area (Å²) < 4.78 is 5.01. The van der Waals surface area contributed by atoms with Gasteiger partial charge in [0.15, 0.2) is 0 Å². The summed E-state index contributed by atoms with van der Waals surface area (Å²) >= 11 is 11.6. The maximum Gasteiger partial charge on any atom is 0.325 e. The van der Waals surface area contributed by atoms with E-state index in [4.69, 9.17) is 27.9 Å². The molecule has 0 atom stereocenters. The van der Waals surface area contributed by atoms with E-state index in [9.17, 15) is 19.7 Å². The van der Waals surface area contributed by atoms with Gasteiger partial charge in [0.25, 0.3) is 11.6 Å². The van der Waals surface area contributed by atoms with Gasteiger partial charge in [-0.05, 0) is 18.2 Å². The van der Waals surface area contributed by atoms with Crippen LogP contribution in [0.2, 0.25) is 10.0 Å². The van der Waals surface area contributed by atoms with Gasteiger partial charge in [-0.2, -0.15) is 0 Å². The third-order valence-corrected chi connectivity index (χ3v) is 3.83. The smallest absolute Gasteiger partial charge is 0.325 e. The second-order valence-corrected chi connectivity index (χ2v) is 5.67. The fraction of sp³-hybridized carbons (Fsp3) is 0.125. The van der Waals surface area contributed by atoms with Crippen LogP contribution in [0.3, 0.4) is 0 Å². The molecule has 0 spiro atoms. The van der Waals surface area contributed by atoms with Crippen LogP contribution < -0.4 is 5.32 Å². The first-order chi connectivity index (χ1) is 11.9. The molecule has 1 amide bonds. The van der Waals surface area contributed by atoms with Gasteiger partial charge in [-0.3, -0.25) is 19.7 Å². The Morgan fingerprint density at radius 3 is 2.52 bits per heavy atom. The van der Waals surface area contributed by atoms with Crippen LogP contribution >= 0.6 is 23.2 Å². The second kappa shape index (κ2) is 8.46. The fourth-order valence-corrected chi connectivity index (χ4v) is 2.25. The zero-order chi connectivity index (χ0) is 18.4.